The molecule has 1 aromatic carbocycles. The molecular weight excluding hydrogens is 266 g/mol. The fourth-order valence-electron chi connectivity index (χ4n) is 1.05. The standard InChI is InChI=1S/C9H8ClN3O3S/c1-5(14)11-9(17)12-6-2-3-7(10)8(4-6)13(15)16/h2-4H,1H3,(H2,11,12,14,17). The van der Waals surface area contributed by atoms with Crippen LogP contribution in [0.15, 0.2) is 18.2 Å². The smallest absolute Gasteiger partial charge is 0.289 e. The number of nitrogens with zero attached hydrogens (tertiary/aromatic N) is 1. The van der Waals surface area contributed by atoms with Crippen LogP contribution in [0.5, 0.6) is 0 Å². The first kappa shape index (κ1) is 13.3. The van der Waals surface area contributed by atoms with E-state index in [1.807, 2.05) is 0 Å². The Kier molecular flexibility index (Phi) is 4.36. The summed E-state index contributed by atoms with van der Waals surface area (Å²) in [7, 11) is 0. The first-order chi connectivity index (χ1) is 7.90. The van der Waals surface area contributed by atoms with Crippen molar-refractivity contribution in [2.24, 2.45) is 0 Å². The second-order valence-electron chi connectivity index (χ2n) is 3.06. The van der Waals surface area contributed by atoms with Gasteiger partial charge in [0.1, 0.15) is 5.02 Å². The zero-order valence-electron chi connectivity index (χ0n) is 8.69. The summed E-state index contributed by atoms with van der Waals surface area (Å²) in [5.41, 5.74) is 0.141. The molecule has 0 aliphatic heterocycles. The van der Waals surface area contributed by atoms with Crippen molar-refractivity contribution in [2.45, 2.75) is 6.92 Å². The molecule has 0 aliphatic carbocycles. The van der Waals surface area contributed by atoms with Crippen LogP contribution in [0.3, 0.4) is 0 Å². The van der Waals surface area contributed by atoms with Gasteiger partial charge in [0.2, 0.25) is 5.91 Å². The molecule has 90 valence electrons. The molecule has 0 saturated carbocycles. The second kappa shape index (κ2) is 5.55. The van der Waals surface area contributed by atoms with Crippen LogP contribution < -0.4 is 10.6 Å². The maximum Gasteiger partial charge on any atom is 0.289 e. The predicted octanol–water partition coefficient (Wildman–Crippen LogP) is 2.08. The third-order valence-corrected chi connectivity index (χ3v) is 2.21. The van der Waals surface area contributed by atoms with Gasteiger partial charge in [-0.05, 0) is 24.4 Å². The lowest BCUT2D eigenvalue weighted by Crippen LogP contribution is -2.32. The van der Waals surface area contributed by atoms with Gasteiger partial charge in [0.05, 0.1) is 4.92 Å². The van der Waals surface area contributed by atoms with Crippen LogP contribution in [0.4, 0.5) is 11.4 Å². The number of amides is 1. The second-order valence-corrected chi connectivity index (χ2v) is 3.87. The van der Waals surface area contributed by atoms with Gasteiger partial charge >= 0.3 is 0 Å². The summed E-state index contributed by atoms with van der Waals surface area (Å²) in [6.45, 7) is 1.30. The van der Waals surface area contributed by atoms with Gasteiger partial charge in [0.15, 0.2) is 5.11 Å². The highest BCUT2D eigenvalue weighted by Crippen LogP contribution is 2.27. The number of nitro benzene ring substituents is 1. The molecule has 2 N–H and O–H groups in total. The van der Waals surface area contributed by atoms with Gasteiger partial charge < -0.3 is 10.6 Å². The summed E-state index contributed by atoms with van der Waals surface area (Å²) in [6.07, 6.45) is 0. The monoisotopic (exact) mass is 273 g/mol. The largest absolute Gasteiger partial charge is 0.332 e. The van der Waals surface area contributed by atoms with Crippen LogP contribution in [-0.2, 0) is 4.79 Å². The van der Waals surface area contributed by atoms with Gasteiger partial charge in [-0.2, -0.15) is 0 Å². The molecule has 8 heteroatoms. The van der Waals surface area contributed by atoms with Crippen molar-refractivity contribution < 1.29 is 9.72 Å². The average molecular weight is 274 g/mol. The Morgan fingerprint density at radius 2 is 2.18 bits per heavy atom. The number of nitrogens with one attached hydrogen (secondary N) is 2. The molecule has 0 aliphatic rings. The maximum atomic E-state index is 10.7. The Morgan fingerprint density at radius 1 is 1.53 bits per heavy atom. The molecule has 1 amide bonds. The molecular formula is C9H8ClN3O3S. The Balaban J connectivity index is 2.86. The molecule has 0 saturated heterocycles. The minimum Gasteiger partial charge on any atom is -0.332 e. The van der Waals surface area contributed by atoms with Crippen LogP contribution in [0.2, 0.25) is 5.02 Å². The molecule has 0 atom stereocenters. The average Bonchev–Trinajstić information content (AvgIpc) is 2.19. The number of rotatable bonds is 2. The highest BCUT2D eigenvalue weighted by Gasteiger charge is 2.13. The van der Waals surface area contributed by atoms with E-state index in [9.17, 15) is 14.9 Å². The van der Waals surface area contributed by atoms with Gasteiger partial charge in [-0.1, -0.05) is 11.6 Å². The number of anilines is 1. The van der Waals surface area contributed by atoms with Crippen LogP contribution in [0.25, 0.3) is 0 Å². The molecule has 0 unspecified atom stereocenters. The first-order valence-corrected chi connectivity index (χ1v) is 5.21. The number of carbonyl (C=O) groups excluding carboxylic acids is 1. The van der Waals surface area contributed by atoms with Gasteiger partial charge in [-0.3, -0.25) is 14.9 Å². The number of thiocarbonyl (C=S) groups is 1. The first-order valence-electron chi connectivity index (χ1n) is 4.42. The highest BCUT2D eigenvalue weighted by atomic mass is 35.5. The molecule has 17 heavy (non-hydrogen) atoms. The maximum absolute atomic E-state index is 10.7. The fraction of sp³-hybridized carbons (Fsp3) is 0.111. The zero-order valence-corrected chi connectivity index (χ0v) is 10.3. The number of nitro groups is 1. The Bertz CT molecular complexity index is 492. The van der Waals surface area contributed by atoms with Crippen molar-refractivity contribution in [2.75, 3.05) is 5.32 Å². The van der Waals surface area contributed by atoms with E-state index in [2.05, 4.69) is 10.6 Å². The minimum absolute atomic E-state index is 0.0333. The van der Waals surface area contributed by atoms with E-state index < -0.39 is 4.92 Å². The van der Waals surface area contributed by atoms with Crippen molar-refractivity contribution in [1.29, 1.82) is 0 Å². The lowest BCUT2D eigenvalue weighted by atomic mass is 10.3. The van der Waals surface area contributed by atoms with Crippen LogP contribution in [0.1, 0.15) is 6.92 Å². The lowest BCUT2D eigenvalue weighted by Gasteiger charge is -2.07. The van der Waals surface area contributed by atoms with Crippen molar-refractivity contribution in [1.82, 2.24) is 5.32 Å². The van der Waals surface area contributed by atoms with Crippen LogP contribution in [-0.4, -0.2) is 15.9 Å². The van der Waals surface area contributed by atoms with Gasteiger partial charge in [-0.15, -0.1) is 0 Å². The van der Waals surface area contributed by atoms with E-state index in [-0.39, 0.29) is 21.7 Å². The topological polar surface area (TPSA) is 84.3 Å². The van der Waals surface area contributed by atoms with E-state index in [4.69, 9.17) is 23.8 Å². The third-order valence-electron chi connectivity index (χ3n) is 1.69. The molecule has 1 rings (SSSR count). The molecule has 0 heterocycles. The quantitative estimate of drug-likeness (QED) is 0.490. The summed E-state index contributed by atoms with van der Waals surface area (Å²) >= 11 is 10.4. The molecule has 0 fully saturated rings. The molecule has 0 aromatic heterocycles. The van der Waals surface area contributed by atoms with Crippen molar-refractivity contribution >= 4 is 46.2 Å². The van der Waals surface area contributed by atoms with Gasteiger partial charge in [0.25, 0.3) is 5.69 Å². The van der Waals surface area contributed by atoms with E-state index in [1.54, 1.807) is 0 Å². The fourth-order valence-corrected chi connectivity index (χ4v) is 1.50. The number of carbonyl (C=O) groups is 1. The summed E-state index contributed by atoms with van der Waals surface area (Å²) in [5.74, 6) is -0.328. The summed E-state index contributed by atoms with van der Waals surface area (Å²) in [5, 5.41) is 15.7. The lowest BCUT2D eigenvalue weighted by molar-refractivity contribution is -0.384. The molecule has 0 spiro atoms. The van der Waals surface area contributed by atoms with Crippen molar-refractivity contribution in [3.05, 3.63) is 33.3 Å². The Labute approximate surface area is 107 Å². The highest BCUT2D eigenvalue weighted by molar-refractivity contribution is 7.80. The third kappa shape index (κ3) is 3.97. The summed E-state index contributed by atoms with van der Waals surface area (Å²) in [6, 6.07) is 4.12. The van der Waals surface area contributed by atoms with Crippen molar-refractivity contribution in [3.8, 4) is 0 Å². The van der Waals surface area contributed by atoms with E-state index in [0.29, 0.717) is 5.69 Å². The van der Waals surface area contributed by atoms with E-state index in [0.717, 1.165) is 0 Å². The molecule has 6 nitrogen and oxygen atoms in total. The van der Waals surface area contributed by atoms with Gasteiger partial charge in [-0.25, -0.2) is 0 Å². The van der Waals surface area contributed by atoms with Crippen molar-refractivity contribution in [3.63, 3.8) is 0 Å². The van der Waals surface area contributed by atoms with E-state index >= 15 is 0 Å². The number of halogens is 1. The van der Waals surface area contributed by atoms with Crippen LogP contribution in [0, 0.1) is 10.1 Å². The minimum atomic E-state index is -0.602. The molecule has 0 radical (unpaired) electrons. The summed E-state index contributed by atoms with van der Waals surface area (Å²) in [4.78, 5) is 20.7. The Morgan fingerprint density at radius 3 is 2.71 bits per heavy atom. The molecule has 0 bridgehead atoms. The number of benzene rings is 1. The number of hydrogen-bond acceptors (Lipinski definition) is 4. The summed E-state index contributed by atoms with van der Waals surface area (Å²) < 4.78 is 0. The predicted molar refractivity (Wildman–Crippen MR) is 68.1 cm³/mol. The SMILES string of the molecule is CC(=O)NC(=S)Nc1ccc(Cl)c([N+](=O)[O-])c1. The zero-order chi connectivity index (χ0) is 13.0. The van der Waals surface area contributed by atoms with Crippen LogP contribution >= 0.6 is 23.8 Å². The van der Waals surface area contributed by atoms with E-state index in [1.165, 1.54) is 25.1 Å². The Hall–Kier alpha value is -1.73. The van der Waals surface area contributed by atoms with Gasteiger partial charge in [0, 0.05) is 18.7 Å². The number of hydrogen-bond donors (Lipinski definition) is 2. The molecule has 1 aromatic rings. The normalized spacial score (nSPS) is 9.53.